The van der Waals surface area contributed by atoms with Crippen LogP contribution in [0.3, 0.4) is 0 Å². The lowest BCUT2D eigenvalue weighted by Gasteiger charge is -2.11. The van der Waals surface area contributed by atoms with E-state index in [2.05, 4.69) is 28.3 Å². The Labute approximate surface area is 90.6 Å². The third-order valence-corrected chi connectivity index (χ3v) is 2.58. The number of anilines is 1. The Morgan fingerprint density at radius 2 is 2.27 bits per heavy atom. The number of hydrogen-bond acceptors (Lipinski definition) is 3. The van der Waals surface area contributed by atoms with Crippen LogP contribution in [-0.4, -0.2) is 23.8 Å². The van der Waals surface area contributed by atoms with E-state index in [9.17, 15) is 0 Å². The molecule has 1 aromatic heterocycles. The third kappa shape index (κ3) is 2.55. The third-order valence-electron chi connectivity index (χ3n) is 2.58. The first-order valence-electron chi connectivity index (χ1n) is 5.64. The van der Waals surface area contributed by atoms with Crippen LogP contribution in [0.15, 0.2) is 23.3 Å². The average Bonchev–Trinajstić information content (AvgIpc) is 2.32. The van der Waals surface area contributed by atoms with Crippen molar-refractivity contribution in [1.82, 2.24) is 4.98 Å². The van der Waals surface area contributed by atoms with E-state index < -0.39 is 0 Å². The van der Waals surface area contributed by atoms with E-state index >= 15 is 0 Å². The zero-order valence-electron chi connectivity index (χ0n) is 9.16. The lowest BCUT2D eigenvalue weighted by atomic mass is 10.0. The van der Waals surface area contributed by atoms with Gasteiger partial charge in [-0.25, -0.2) is 4.98 Å². The molecule has 0 bridgehead atoms. The van der Waals surface area contributed by atoms with Crippen molar-refractivity contribution in [2.75, 3.05) is 18.4 Å². The second kappa shape index (κ2) is 4.91. The van der Waals surface area contributed by atoms with Crippen LogP contribution >= 0.6 is 0 Å². The number of aliphatic imine (C=N–C) groups is 1. The van der Waals surface area contributed by atoms with Crippen molar-refractivity contribution in [3.63, 3.8) is 0 Å². The molecule has 15 heavy (non-hydrogen) atoms. The van der Waals surface area contributed by atoms with Crippen molar-refractivity contribution in [3.8, 4) is 0 Å². The molecule has 0 saturated heterocycles. The highest BCUT2D eigenvalue weighted by Gasteiger charge is 2.07. The summed E-state index contributed by atoms with van der Waals surface area (Å²) in [6, 6.07) is 4.13. The molecule has 2 rings (SSSR count). The first-order valence-corrected chi connectivity index (χ1v) is 5.64. The van der Waals surface area contributed by atoms with Crippen LogP contribution in [-0.2, 0) is 0 Å². The maximum absolute atomic E-state index is 4.53. The largest absolute Gasteiger partial charge is 0.370 e. The van der Waals surface area contributed by atoms with Gasteiger partial charge in [0.15, 0.2) is 0 Å². The zero-order valence-corrected chi connectivity index (χ0v) is 9.16. The molecule has 0 amide bonds. The topological polar surface area (TPSA) is 37.3 Å². The minimum atomic E-state index is 0.910. The van der Waals surface area contributed by atoms with Gasteiger partial charge in [-0.3, -0.25) is 4.99 Å². The minimum Gasteiger partial charge on any atom is -0.370 e. The lowest BCUT2D eigenvalue weighted by Crippen LogP contribution is -2.08. The molecular formula is C12H17N3. The van der Waals surface area contributed by atoms with E-state index in [-0.39, 0.29) is 0 Å². The molecule has 0 aliphatic carbocycles. The van der Waals surface area contributed by atoms with Gasteiger partial charge in [-0.2, -0.15) is 0 Å². The molecule has 80 valence electrons. The SMILES string of the molecule is CCNc1ccc(C2=NCCCC2)cn1. The van der Waals surface area contributed by atoms with Crippen molar-refractivity contribution in [3.05, 3.63) is 23.9 Å². The van der Waals surface area contributed by atoms with Crippen molar-refractivity contribution in [1.29, 1.82) is 0 Å². The summed E-state index contributed by atoms with van der Waals surface area (Å²) in [6.45, 7) is 3.96. The molecule has 1 aliphatic heterocycles. The normalized spacial score (nSPS) is 15.9. The maximum atomic E-state index is 4.53. The first kappa shape index (κ1) is 10.1. The second-order valence-corrected chi connectivity index (χ2v) is 3.75. The number of nitrogens with one attached hydrogen (secondary N) is 1. The standard InChI is InChI=1S/C12H17N3/c1-2-13-12-7-6-10(9-15-12)11-5-3-4-8-14-11/h6-7,9H,2-5,8H2,1H3,(H,13,15). The minimum absolute atomic E-state index is 0.910. The summed E-state index contributed by atoms with van der Waals surface area (Å²) in [5.41, 5.74) is 2.40. The van der Waals surface area contributed by atoms with Crippen LogP contribution in [0.5, 0.6) is 0 Å². The number of rotatable bonds is 3. The predicted octanol–water partition coefficient (Wildman–Crippen LogP) is 2.49. The zero-order chi connectivity index (χ0) is 10.5. The van der Waals surface area contributed by atoms with E-state index in [1.54, 1.807) is 0 Å². The fraction of sp³-hybridized carbons (Fsp3) is 0.500. The highest BCUT2D eigenvalue weighted by atomic mass is 15.0. The van der Waals surface area contributed by atoms with E-state index in [0.29, 0.717) is 0 Å². The van der Waals surface area contributed by atoms with Crippen LogP contribution in [0.1, 0.15) is 31.7 Å². The number of nitrogens with zero attached hydrogens (tertiary/aromatic N) is 2. The Bertz CT molecular complexity index is 340. The molecule has 1 N–H and O–H groups in total. The summed E-state index contributed by atoms with van der Waals surface area (Å²) in [7, 11) is 0. The van der Waals surface area contributed by atoms with Gasteiger partial charge in [0.1, 0.15) is 5.82 Å². The van der Waals surface area contributed by atoms with Crippen LogP contribution in [0.25, 0.3) is 0 Å². The van der Waals surface area contributed by atoms with Crippen molar-refractivity contribution < 1.29 is 0 Å². The molecule has 0 fully saturated rings. The summed E-state index contributed by atoms with van der Waals surface area (Å²) in [6.07, 6.45) is 5.50. The van der Waals surface area contributed by atoms with Crippen LogP contribution in [0.4, 0.5) is 5.82 Å². The van der Waals surface area contributed by atoms with E-state index in [4.69, 9.17) is 0 Å². The van der Waals surface area contributed by atoms with Gasteiger partial charge in [0.2, 0.25) is 0 Å². The van der Waals surface area contributed by atoms with Gasteiger partial charge in [-0.15, -0.1) is 0 Å². The predicted molar refractivity (Wildman–Crippen MR) is 63.7 cm³/mol. The van der Waals surface area contributed by atoms with Gasteiger partial charge in [-0.1, -0.05) is 0 Å². The molecule has 2 heterocycles. The molecule has 1 aliphatic rings. The van der Waals surface area contributed by atoms with Gasteiger partial charge < -0.3 is 5.32 Å². The fourth-order valence-corrected chi connectivity index (χ4v) is 1.78. The molecule has 0 spiro atoms. The molecule has 0 unspecified atom stereocenters. The Morgan fingerprint density at radius 3 is 2.87 bits per heavy atom. The van der Waals surface area contributed by atoms with Gasteiger partial charge in [0.25, 0.3) is 0 Å². The summed E-state index contributed by atoms with van der Waals surface area (Å²) in [5, 5.41) is 3.19. The molecule has 0 radical (unpaired) electrons. The van der Waals surface area contributed by atoms with Gasteiger partial charge in [-0.05, 0) is 38.3 Å². The van der Waals surface area contributed by atoms with Crippen LogP contribution < -0.4 is 5.32 Å². The number of aromatic nitrogens is 1. The molecule has 0 atom stereocenters. The monoisotopic (exact) mass is 203 g/mol. The fourth-order valence-electron chi connectivity index (χ4n) is 1.78. The Balaban J connectivity index is 2.12. The summed E-state index contributed by atoms with van der Waals surface area (Å²) >= 11 is 0. The van der Waals surface area contributed by atoms with E-state index in [1.165, 1.54) is 24.1 Å². The highest BCUT2D eigenvalue weighted by molar-refractivity contribution is 6.00. The molecule has 0 aromatic carbocycles. The number of hydrogen-bond donors (Lipinski definition) is 1. The number of pyridine rings is 1. The molecular weight excluding hydrogens is 186 g/mol. The smallest absolute Gasteiger partial charge is 0.125 e. The van der Waals surface area contributed by atoms with Gasteiger partial charge in [0.05, 0.1) is 0 Å². The van der Waals surface area contributed by atoms with Crippen LogP contribution in [0.2, 0.25) is 0 Å². The van der Waals surface area contributed by atoms with Crippen molar-refractivity contribution in [2.24, 2.45) is 4.99 Å². The maximum Gasteiger partial charge on any atom is 0.125 e. The van der Waals surface area contributed by atoms with Gasteiger partial charge >= 0.3 is 0 Å². The Hall–Kier alpha value is -1.38. The van der Waals surface area contributed by atoms with Crippen molar-refractivity contribution in [2.45, 2.75) is 26.2 Å². The summed E-state index contributed by atoms with van der Waals surface area (Å²) in [4.78, 5) is 8.88. The molecule has 0 saturated carbocycles. The summed E-state index contributed by atoms with van der Waals surface area (Å²) in [5.74, 6) is 0.942. The molecule has 3 nitrogen and oxygen atoms in total. The highest BCUT2D eigenvalue weighted by Crippen LogP contribution is 2.14. The second-order valence-electron chi connectivity index (χ2n) is 3.75. The Kier molecular flexibility index (Phi) is 3.33. The average molecular weight is 203 g/mol. The quantitative estimate of drug-likeness (QED) is 0.819. The molecule has 1 aromatic rings. The Morgan fingerprint density at radius 1 is 1.33 bits per heavy atom. The van der Waals surface area contributed by atoms with Crippen molar-refractivity contribution >= 4 is 11.5 Å². The van der Waals surface area contributed by atoms with Gasteiger partial charge in [0, 0.05) is 30.6 Å². The lowest BCUT2D eigenvalue weighted by molar-refractivity contribution is 0.738. The van der Waals surface area contributed by atoms with E-state index in [0.717, 1.165) is 25.3 Å². The van der Waals surface area contributed by atoms with E-state index in [1.807, 2.05) is 12.3 Å². The van der Waals surface area contributed by atoms with Crippen LogP contribution in [0, 0.1) is 0 Å². The first-order chi connectivity index (χ1) is 7.40. The summed E-state index contributed by atoms with van der Waals surface area (Å²) < 4.78 is 0. The molecule has 3 heteroatoms.